The fraction of sp³-hybridized carbons (Fsp3) is 0.500. The number of benzene rings is 1. The van der Waals surface area contributed by atoms with Crippen molar-refractivity contribution in [3.63, 3.8) is 0 Å². The van der Waals surface area contributed by atoms with Gasteiger partial charge in [-0.25, -0.2) is 9.97 Å². The maximum absolute atomic E-state index is 11.1. The molecule has 0 atom stereocenters. The first-order valence-electron chi connectivity index (χ1n) is 11.1. The summed E-state index contributed by atoms with van der Waals surface area (Å²) in [6, 6.07) is 12.0. The van der Waals surface area contributed by atoms with Crippen molar-refractivity contribution in [2.45, 2.75) is 60.8 Å². The number of aryl methyl sites for hydroxylation is 1. The number of amides is 2. The Hall–Kier alpha value is -2.96. The highest BCUT2D eigenvalue weighted by Crippen LogP contribution is 2.25. The third kappa shape index (κ3) is 13.8. The highest BCUT2D eigenvalue weighted by atomic mass is 16.2. The Morgan fingerprint density at radius 2 is 1.48 bits per heavy atom. The lowest BCUT2D eigenvalue weighted by atomic mass is 10.2. The van der Waals surface area contributed by atoms with Crippen LogP contribution in [-0.4, -0.2) is 47.3 Å². The number of hydrogen-bond acceptors (Lipinski definition) is 5. The zero-order valence-corrected chi connectivity index (χ0v) is 20.5. The van der Waals surface area contributed by atoms with Crippen molar-refractivity contribution in [3.8, 4) is 0 Å². The molecular weight excluding hydrogens is 390 g/mol. The summed E-state index contributed by atoms with van der Waals surface area (Å²) in [6.45, 7) is 12.2. The molecule has 1 aliphatic rings. The highest BCUT2D eigenvalue weighted by molar-refractivity contribution is 5.99. The minimum absolute atomic E-state index is 0.0568. The number of nitrogens with zero attached hydrogens (tertiary/aromatic N) is 3. The summed E-state index contributed by atoms with van der Waals surface area (Å²) in [6.07, 6.45) is 4.01. The summed E-state index contributed by atoms with van der Waals surface area (Å²) in [5, 5.41) is 5.73. The van der Waals surface area contributed by atoms with Gasteiger partial charge >= 0.3 is 0 Å². The summed E-state index contributed by atoms with van der Waals surface area (Å²) >= 11 is 0. The van der Waals surface area contributed by atoms with Gasteiger partial charge in [0.1, 0.15) is 6.33 Å². The van der Waals surface area contributed by atoms with Crippen LogP contribution in [0.15, 0.2) is 42.7 Å². The molecule has 1 aromatic heterocycles. The second kappa shape index (κ2) is 20.3. The fourth-order valence-corrected chi connectivity index (χ4v) is 2.17. The van der Waals surface area contributed by atoms with Gasteiger partial charge < -0.3 is 15.5 Å². The Balaban J connectivity index is 0. The fourth-order valence-electron chi connectivity index (χ4n) is 2.17. The van der Waals surface area contributed by atoms with E-state index in [4.69, 9.17) is 0 Å². The van der Waals surface area contributed by atoms with E-state index in [-0.39, 0.29) is 11.8 Å². The first-order valence-corrected chi connectivity index (χ1v) is 11.1. The van der Waals surface area contributed by atoms with Crippen LogP contribution in [0.5, 0.6) is 0 Å². The molecule has 7 nitrogen and oxygen atoms in total. The molecule has 2 aromatic rings. The maximum Gasteiger partial charge on any atom is 0.244 e. The Morgan fingerprint density at radius 1 is 0.968 bits per heavy atom. The summed E-state index contributed by atoms with van der Waals surface area (Å²) in [7, 11) is 3.51. The van der Waals surface area contributed by atoms with Crippen LogP contribution in [0.4, 0.5) is 11.5 Å². The van der Waals surface area contributed by atoms with E-state index in [0.29, 0.717) is 18.8 Å². The van der Waals surface area contributed by atoms with Crippen LogP contribution in [0.25, 0.3) is 0 Å². The Labute approximate surface area is 188 Å². The van der Waals surface area contributed by atoms with E-state index in [1.54, 1.807) is 19.0 Å². The number of rotatable bonds is 3. The number of aromatic nitrogens is 2. The smallest absolute Gasteiger partial charge is 0.244 e. The predicted molar refractivity (Wildman–Crippen MR) is 131 cm³/mol. The number of fused-ring (bicyclic) bond motifs is 1. The van der Waals surface area contributed by atoms with Crippen molar-refractivity contribution in [1.82, 2.24) is 14.9 Å². The lowest BCUT2D eigenvalue weighted by Crippen LogP contribution is -2.29. The van der Waals surface area contributed by atoms with Gasteiger partial charge in [0.05, 0.1) is 17.9 Å². The molecule has 0 spiro atoms. The van der Waals surface area contributed by atoms with Crippen molar-refractivity contribution in [2.24, 2.45) is 0 Å². The summed E-state index contributed by atoms with van der Waals surface area (Å²) in [5.41, 5.74) is 1.84. The molecule has 0 aliphatic carbocycles. The summed E-state index contributed by atoms with van der Waals surface area (Å²) in [5.74, 6) is 0.721. The average molecular weight is 432 g/mol. The third-order valence-electron chi connectivity index (χ3n) is 3.56. The Morgan fingerprint density at radius 3 is 1.87 bits per heavy atom. The number of carbonyl (C=O) groups is 2. The largest absolute Gasteiger partial charge is 0.372 e. The first kappa shape index (κ1) is 30.2. The standard InChI is InChI=1S/C9H12N4O.C6H6.C5H11NO.2C2H6/c1-2-3-6-8-9(12-5-11-6)13-7(14)4-10-8;1-2-4-6-5-3-1;1-4-5(7)6(2)3;2*1-2/h5,10H,2-4H2,1H3,(H,11,12,13,14);1-6H;4H2,1-3H3;2*1-2H3. The van der Waals surface area contributed by atoms with Crippen molar-refractivity contribution >= 4 is 23.3 Å². The van der Waals surface area contributed by atoms with Gasteiger partial charge in [-0.05, 0) is 6.42 Å². The van der Waals surface area contributed by atoms with Gasteiger partial charge in [0.2, 0.25) is 11.8 Å². The normalized spacial score (nSPS) is 10.3. The molecule has 1 aliphatic heterocycles. The van der Waals surface area contributed by atoms with E-state index in [1.165, 1.54) is 6.33 Å². The molecule has 0 bridgehead atoms. The molecule has 0 unspecified atom stereocenters. The van der Waals surface area contributed by atoms with Gasteiger partial charge in [-0.3, -0.25) is 9.59 Å². The summed E-state index contributed by atoms with van der Waals surface area (Å²) < 4.78 is 0. The molecule has 0 radical (unpaired) electrons. The molecule has 2 amide bonds. The van der Waals surface area contributed by atoms with Crippen LogP contribution in [-0.2, 0) is 16.0 Å². The molecule has 2 N–H and O–H groups in total. The van der Waals surface area contributed by atoms with Gasteiger partial charge in [0.15, 0.2) is 5.82 Å². The molecule has 2 heterocycles. The van der Waals surface area contributed by atoms with Gasteiger partial charge in [-0.1, -0.05) is 84.4 Å². The SMILES string of the molecule is CC.CC.CCC(=O)N(C)C.CCCc1ncnc2c1NCC(=O)N2.c1ccccc1. The maximum atomic E-state index is 11.1. The molecule has 31 heavy (non-hydrogen) atoms. The third-order valence-corrected chi connectivity index (χ3v) is 3.56. The number of hydrogen-bond donors (Lipinski definition) is 2. The molecule has 0 saturated carbocycles. The molecule has 1 aromatic carbocycles. The number of anilines is 2. The van der Waals surface area contributed by atoms with E-state index in [9.17, 15) is 9.59 Å². The van der Waals surface area contributed by atoms with Crippen LogP contribution in [0, 0.1) is 0 Å². The minimum atomic E-state index is -0.0568. The van der Waals surface area contributed by atoms with E-state index < -0.39 is 0 Å². The zero-order valence-electron chi connectivity index (χ0n) is 20.5. The number of carbonyl (C=O) groups excluding carboxylic acids is 2. The molecule has 7 heteroatoms. The van der Waals surface area contributed by atoms with E-state index in [0.717, 1.165) is 24.2 Å². The molecule has 174 valence electrons. The van der Waals surface area contributed by atoms with Gasteiger partial charge in [-0.15, -0.1) is 0 Å². The van der Waals surface area contributed by atoms with E-state index in [1.807, 2.05) is 71.0 Å². The van der Waals surface area contributed by atoms with Crippen molar-refractivity contribution in [3.05, 3.63) is 48.4 Å². The lowest BCUT2D eigenvalue weighted by Gasteiger charge is -2.19. The van der Waals surface area contributed by atoms with Crippen molar-refractivity contribution in [2.75, 3.05) is 31.3 Å². The monoisotopic (exact) mass is 431 g/mol. The predicted octanol–water partition coefficient (Wildman–Crippen LogP) is 5.02. The average Bonchev–Trinajstić information content (AvgIpc) is 2.83. The summed E-state index contributed by atoms with van der Waals surface area (Å²) in [4.78, 5) is 31.3. The van der Waals surface area contributed by atoms with Crippen LogP contribution in [0.3, 0.4) is 0 Å². The van der Waals surface area contributed by atoms with Crippen molar-refractivity contribution < 1.29 is 9.59 Å². The zero-order chi connectivity index (χ0) is 24.1. The van der Waals surface area contributed by atoms with E-state index in [2.05, 4.69) is 27.5 Å². The topological polar surface area (TPSA) is 87.2 Å². The quantitative estimate of drug-likeness (QED) is 0.713. The van der Waals surface area contributed by atoms with Gasteiger partial charge in [0, 0.05) is 20.5 Å². The molecular formula is C24H41N5O2. The van der Waals surface area contributed by atoms with Crippen molar-refractivity contribution in [1.29, 1.82) is 0 Å². The lowest BCUT2D eigenvalue weighted by molar-refractivity contribution is -0.128. The van der Waals surface area contributed by atoms with E-state index >= 15 is 0 Å². The van der Waals surface area contributed by atoms with Gasteiger partial charge in [0.25, 0.3) is 0 Å². The van der Waals surface area contributed by atoms with Crippen LogP contribution < -0.4 is 10.6 Å². The second-order valence-corrected chi connectivity index (χ2v) is 5.99. The first-order chi connectivity index (χ1) is 15.0. The second-order valence-electron chi connectivity index (χ2n) is 5.99. The molecule has 0 fully saturated rings. The Bertz CT molecular complexity index is 680. The van der Waals surface area contributed by atoms with Crippen LogP contribution in [0.2, 0.25) is 0 Å². The van der Waals surface area contributed by atoms with Gasteiger partial charge in [-0.2, -0.15) is 0 Å². The molecule has 3 rings (SSSR count). The highest BCUT2D eigenvalue weighted by Gasteiger charge is 2.18. The molecule has 0 saturated heterocycles. The van der Waals surface area contributed by atoms with Crippen LogP contribution >= 0.6 is 0 Å². The minimum Gasteiger partial charge on any atom is -0.372 e. The van der Waals surface area contributed by atoms with Crippen LogP contribution in [0.1, 0.15) is 60.1 Å². The Kier molecular flexibility index (Phi) is 19.8. The number of nitrogens with one attached hydrogen (secondary N) is 2.